The average Bonchev–Trinajstić information content (AvgIpc) is 1.83. The van der Waals surface area contributed by atoms with Crippen LogP contribution in [0.1, 0.15) is 6.92 Å². The summed E-state index contributed by atoms with van der Waals surface area (Å²) in [6.45, 7) is 3.02. The van der Waals surface area contributed by atoms with Crippen LogP contribution in [0.3, 0.4) is 0 Å². The van der Waals surface area contributed by atoms with Crippen molar-refractivity contribution < 1.29 is 0 Å². The van der Waals surface area contributed by atoms with Gasteiger partial charge in [0.25, 0.3) is 0 Å². The van der Waals surface area contributed by atoms with Gasteiger partial charge in [-0.05, 0) is 6.92 Å². The molecule has 0 saturated carbocycles. The van der Waals surface area contributed by atoms with Crippen LogP contribution >= 0.6 is 0 Å². The first kappa shape index (κ1) is 6.20. The zero-order valence-electron chi connectivity index (χ0n) is 5.89. The van der Waals surface area contributed by atoms with E-state index in [9.17, 15) is 0 Å². The molecule has 0 aromatic rings. The van der Waals surface area contributed by atoms with E-state index in [2.05, 4.69) is 18.0 Å². The predicted octanol–water partition coefficient (Wildman–Crippen LogP) is 0.678. The normalized spacial score (nSPS) is 27.1. The zero-order valence-corrected chi connectivity index (χ0v) is 5.89. The monoisotopic (exact) mass is 124 g/mol. The maximum Gasteiger partial charge on any atom is 0.0460 e. The molecule has 1 saturated heterocycles. The Balaban J connectivity index is 2.70. The molecule has 50 valence electrons. The number of rotatable bonds is 0. The van der Waals surface area contributed by atoms with Gasteiger partial charge in [-0.1, -0.05) is 6.08 Å². The Labute approximate surface area is 55.6 Å². The summed E-state index contributed by atoms with van der Waals surface area (Å²) in [4.78, 5) is 2.17. The third-order valence-corrected chi connectivity index (χ3v) is 1.62. The summed E-state index contributed by atoms with van der Waals surface area (Å²) in [5.74, 6) is 0. The van der Waals surface area contributed by atoms with Crippen molar-refractivity contribution in [2.75, 3.05) is 13.6 Å². The molecule has 0 atom stereocenters. The average molecular weight is 124 g/mol. The molecule has 0 aromatic carbocycles. The van der Waals surface area contributed by atoms with Crippen molar-refractivity contribution in [1.29, 1.82) is 0 Å². The molecule has 0 aromatic heterocycles. The van der Waals surface area contributed by atoms with Crippen molar-refractivity contribution in [1.82, 2.24) is 4.90 Å². The lowest BCUT2D eigenvalue weighted by Gasteiger charge is -2.35. The topological polar surface area (TPSA) is 29.3 Å². The highest BCUT2D eigenvalue weighted by Crippen LogP contribution is 2.24. The highest BCUT2D eigenvalue weighted by molar-refractivity contribution is 5.38. The van der Waals surface area contributed by atoms with Gasteiger partial charge >= 0.3 is 0 Å². The fraction of sp³-hybridized carbons (Fsp3) is 0.429. The van der Waals surface area contributed by atoms with Crippen LogP contribution in [0.25, 0.3) is 0 Å². The first-order chi connectivity index (χ1) is 4.29. The lowest BCUT2D eigenvalue weighted by Crippen LogP contribution is -2.34. The van der Waals surface area contributed by atoms with Gasteiger partial charge in [0.2, 0.25) is 0 Å². The van der Waals surface area contributed by atoms with E-state index in [0.29, 0.717) is 0 Å². The minimum absolute atomic E-state index is 0.996. The standard InChI is InChI=1S/C7H12N2/c1-3-7-6(4-8)5-9(7)2/h3-4H,5,8H2,1-2H3/b6-4-,7-3+. The number of allylic oxidation sites excluding steroid dienone is 1. The molecular weight excluding hydrogens is 112 g/mol. The molecule has 0 radical (unpaired) electrons. The van der Waals surface area contributed by atoms with E-state index < -0.39 is 0 Å². The Hall–Kier alpha value is -0.920. The van der Waals surface area contributed by atoms with Crippen LogP contribution in [0.15, 0.2) is 23.5 Å². The number of nitrogens with two attached hydrogens (primary N) is 1. The summed E-state index contributed by atoms with van der Waals surface area (Å²) in [6, 6.07) is 0. The van der Waals surface area contributed by atoms with E-state index in [1.165, 1.54) is 11.3 Å². The third kappa shape index (κ3) is 0.803. The van der Waals surface area contributed by atoms with Crippen molar-refractivity contribution >= 4 is 0 Å². The number of nitrogens with zero attached hydrogens (tertiary/aromatic N) is 1. The predicted molar refractivity (Wildman–Crippen MR) is 38.7 cm³/mol. The number of hydrogen-bond acceptors (Lipinski definition) is 2. The van der Waals surface area contributed by atoms with E-state index in [1.54, 1.807) is 6.20 Å². The number of likely N-dealkylation sites (tertiary alicyclic amines) is 1. The maximum atomic E-state index is 5.33. The maximum absolute atomic E-state index is 5.33. The fourth-order valence-corrected chi connectivity index (χ4v) is 1.12. The molecule has 2 N–H and O–H groups in total. The van der Waals surface area contributed by atoms with Gasteiger partial charge in [0.15, 0.2) is 0 Å². The van der Waals surface area contributed by atoms with Crippen molar-refractivity contribution in [2.45, 2.75) is 6.92 Å². The summed E-state index contributed by atoms with van der Waals surface area (Å²) in [5.41, 5.74) is 7.84. The first-order valence-electron chi connectivity index (χ1n) is 3.08. The molecule has 1 aliphatic rings. The van der Waals surface area contributed by atoms with E-state index in [0.717, 1.165) is 6.54 Å². The molecule has 1 heterocycles. The van der Waals surface area contributed by atoms with E-state index in [-0.39, 0.29) is 0 Å². The molecule has 2 heteroatoms. The van der Waals surface area contributed by atoms with E-state index in [4.69, 9.17) is 5.73 Å². The summed E-state index contributed by atoms with van der Waals surface area (Å²) < 4.78 is 0. The van der Waals surface area contributed by atoms with Gasteiger partial charge in [-0.3, -0.25) is 0 Å². The second-order valence-electron chi connectivity index (χ2n) is 2.22. The number of hydrogen-bond donors (Lipinski definition) is 1. The minimum Gasteiger partial charge on any atom is -0.404 e. The smallest absolute Gasteiger partial charge is 0.0460 e. The summed E-state index contributed by atoms with van der Waals surface area (Å²) in [5, 5.41) is 0. The lowest BCUT2D eigenvalue weighted by atomic mass is 10.0. The quantitative estimate of drug-likeness (QED) is 0.514. The van der Waals surface area contributed by atoms with Crippen molar-refractivity contribution in [3.63, 3.8) is 0 Å². The molecule has 0 unspecified atom stereocenters. The van der Waals surface area contributed by atoms with Crippen molar-refractivity contribution in [2.24, 2.45) is 5.73 Å². The summed E-state index contributed by atoms with van der Waals surface area (Å²) >= 11 is 0. The molecular formula is C7H12N2. The van der Waals surface area contributed by atoms with Crippen LogP contribution in [-0.4, -0.2) is 18.5 Å². The molecule has 2 nitrogen and oxygen atoms in total. The lowest BCUT2D eigenvalue weighted by molar-refractivity contribution is 0.387. The van der Waals surface area contributed by atoms with E-state index in [1.807, 2.05) is 6.92 Å². The Morgan fingerprint density at radius 2 is 2.33 bits per heavy atom. The van der Waals surface area contributed by atoms with Gasteiger partial charge in [-0.25, -0.2) is 0 Å². The van der Waals surface area contributed by atoms with Crippen LogP contribution in [0.2, 0.25) is 0 Å². The molecule has 0 amide bonds. The largest absolute Gasteiger partial charge is 0.404 e. The van der Waals surface area contributed by atoms with Gasteiger partial charge in [0.05, 0.1) is 0 Å². The molecule has 0 bridgehead atoms. The molecule has 1 fully saturated rings. The van der Waals surface area contributed by atoms with Crippen LogP contribution in [-0.2, 0) is 0 Å². The molecule has 1 rings (SSSR count). The molecule has 1 aliphatic heterocycles. The Bertz CT molecular complexity index is 168. The highest BCUT2D eigenvalue weighted by atomic mass is 15.2. The Morgan fingerprint density at radius 3 is 2.56 bits per heavy atom. The van der Waals surface area contributed by atoms with Gasteiger partial charge in [-0.2, -0.15) is 0 Å². The third-order valence-electron chi connectivity index (χ3n) is 1.62. The summed E-state index contributed by atoms with van der Waals surface area (Å²) in [6.07, 6.45) is 3.75. The van der Waals surface area contributed by atoms with Crippen LogP contribution in [0.4, 0.5) is 0 Å². The Morgan fingerprint density at radius 1 is 1.67 bits per heavy atom. The first-order valence-corrected chi connectivity index (χ1v) is 3.08. The van der Waals surface area contributed by atoms with Gasteiger partial charge in [-0.15, -0.1) is 0 Å². The second kappa shape index (κ2) is 2.13. The fourth-order valence-electron chi connectivity index (χ4n) is 1.12. The van der Waals surface area contributed by atoms with Gasteiger partial charge in [0, 0.05) is 31.1 Å². The second-order valence-corrected chi connectivity index (χ2v) is 2.22. The Kier molecular flexibility index (Phi) is 1.47. The highest BCUT2D eigenvalue weighted by Gasteiger charge is 2.19. The summed E-state index contributed by atoms with van der Waals surface area (Å²) in [7, 11) is 2.06. The minimum atomic E-state index is 0.996. The van der Waals surface area contributed by atoms with Crippen LogP contribution in [0.5, 0.6) is 0 Å². The van der Waals surface area contributed by atoms with Crippen LogP contribution in [0, 0.1) is 0 Å². The number of likely N-dealkylation sites (N-methyl/N-ethyl adjacent to an activating group) is 1. The SMILES string of the molecule is C/C=C1\C(=C/N)CN1C. The van der Waals surface area contributed by atoms with Crippen molar-refractivity contribution in [3.05, 3.63) is 23.5 Å². The van der Waals surface area contributed by atoms with Gasteiger partial charge in [0.1, 0.15) is 0 Å². The van der Waals surface area contributed by atoms with Crippen LogP contribution < -0.4 is 5.73 Å². The van der Waals surface area contributed by atoms with E-state index >= 15 is 0 Å². The van der Waals surface area contributed by atoms with Crippen molar-refractivity contribution in [3.8, 4) is 0 Å². The molecule has 0 aliphatic carbocycles. The molecule has 9 heavy (non-hydrogen) atoms. The van der Waals surface area contributed by atoms with Gasteiger partial charge < -0.3 is 10.6 Å². The zero-order chi connectivity index (χ0) is 6.85. The molecule has 0 spiro atoms.